The average Bonchev–Trinajstić information content (AvgIpc) is 2.39. The van der Waals surface area contributed by atoms with Crippen LogP contribution in [0.15, 0.2) is 12.3 Å². The summed E-state index contributed by atoms with van der Waals surface area (Å²) in [6, 6.07) is 1.62. The maximum atomic E-state index is 12.6. The number of hydrogen-bond acceptors (Lipinski definition) is 4. The Labute approximate surface area is 124 Å². The van der Waals surface area contributed by atoms with Crippen molar-refractivity contribution in [2.45, 2.75) is 19.9 Å². The van der Waals surface area contributed by atoms with Crippen LogP contribution in [0, 0.1) is 6.92 Å². The lowest BCUT2D eigenvalue weighted by Gasteiger charge is -2.29. The number of pyridine rings is 1. The van der Waals surface area contributed by atoms with Crippen LogP contribution in [0.5, 0.6) is 0 Å². The van der Waals surface area contributed by atoms with E-state index in [4.69, 9.17) is 21.1 Å². The van der Waals surface area contributed by atoms with Gasteiger partial charge in [0.05, 0.1) is 29.8 Å². The largest absolute Gasteiger partial charge is 0.383 e. The molecule has 0 aliphatic heterocycles. The fourth-order valence-electron chi connectivity index (χ4n) is 1.88. The van der Waals surface area contributed by atoms with E-state index in [-0.39, 0.29) is 11.9 Å². The van der Waals surface area contributed by atoms with Crippen molar-refractivity contribution in [3.63, 3.8) is 0 Å². The summed E-state index contributed by atoms with van der Waals surface area (Å²) in [5.41, 5.74) is 1.18. The van der Waals surface area contributed by atoms with Gasteiger partial charge in [-0.25, -0.2) is 0 Å². The van der Waals surface area contributed by atoms with Gasteiger partial charge in [-0.3, -0.25) is 9.78 Å². The second-order valence-electron chi connectivity index (χ2n) is 4.60. The van der Waals surface area contributed by atoms with Crippen LogP contribution >= 0.6 is 11.6 Å². The first kappa shape index (κ1) is 16.9. The molecule has 0 aliphatic carbocycles. The molecule has 6 heteroatoms. The Morgan fingerprint density at radius 2 is 2.15 bits per heavy atom. The zero-order valence-electron chi connectivity index (χ0n) is 12.4. The molecule has 0 radical (unpaired) electrons. The second kappa shape index (κ2) is 8.19. The minimum atomic E-state index is -0.163. The zero-order valence-corrected chi connectivity index (χ0v) is 13.1. The first-order valence-electron chi connectivity index (χ1n) is 6.42. The van der Waals surface area contributed by atoms with Crippen molar-refractivity contribution in [3.05, 3.63) is 28.5 Å². The Balaban J connectivity index is 2.96. The standard InChI is InChI=1S/C14H21ClN2O3/c1-10-7-13(15)12(8-16-10)14(18)17(5-6-19-3)11(2)9-20-4/h7-8,11H,5-6,9H2,1-4H3. The fraction of sp³-hybridized carbons (Fsp3) is 0.571. The number of ether oxygens (including phenoxy) is 2. The van der Waals surface area contributed by atoms with Crippen molar-refractivity contribution in [3.8, 4) is 0 Å². The molecule has 0 aromatic carbocycles. The van der Waals surface area contributed by atoms with E-state index in [0.29, 0.717) is 30.3 Å². The van der Waals surface area contributed by atoms with Crippen LogP contribution in [0.3, 0.4) is 0 Å². The number of hydrogen-bond donors (Lipinski definition) is 0. The maximum absolute atomic E-state index is 12.6. The third kappa shape index (κ3) is 4.44. The quantitative estimate of drug-likeness (QED) is 0.774. The molecule has 0 fully saturated rings. The molecule has 1 heterocycles. The number of carbonyl (C=O) groups is 1. The Bertz CT molecular complexity index is 454. The molecule has 112 valence electrons. The molecule has 1 amide bonds. The van der Waals surface area contributed by atoms with Gasteiger partial charge in [0.1, 0.15) is 0 Å². The molecule has 20 heavy (non-hydrogen) atoms. The topological polar surface area (TPSA) is 51.7 Å². The van der Waals surface area contributed by atoms with E-state index in [1.54, 1.807) is 25.2 Å². The fourth-order valence-corrected chi connectivity index (χ4v) is 2.17. The van der Waals surface area contributed by atoms with Crippen LogP contribution in [0.1, 0.15) is 23.0 Å². The maximum Gasteiger partial charge on any atom is 0.257 e. The van der Waals surface area contributed by atoms with E-state index < -0.39 is 0 Å². The van der Waals surface area contributed by atoms with E-state index in [1.165, 1.54) is 6.20 Å². The van der Waals surface area contributed by atoms with Crippen molar-refractivity contribution in [1.29, 1.82) is 0 Å². The number of methoxy groups -OCH3 is 2. The smallest absolute Gasteiger partial charge is 0.257 e. The molecular formula is C14H21ClN2O3. The molecule has 1 atom stereocenters. The highest BCUT2D eigenvalue weighted by molar-refractivity contribution is 6.33. The summed E-state index contributed by atoms with van der Waals surface area (Å²) >= 11 is 6.13. The van der Waals surface area contributed by atoms with Gasteiger partial charge in [-0.05, 0) is 19.9 Å². The number of nitrogens with zero attached hydrogens (tertiary/aromatic N) is 2. The number of aromatic nitrogens is 1. The minimum absolute atomic E-state index is 0.0694. The molecule has 0 bridgehead atoms. The first-order chi connectivity index (χ1) is 9.51. The van der Waals surface area contributed by atoms with Gasteiger partial charge in [-0.15, -0.1) is 0 Å². The monoisotopic (exact) mass is 300 g/mol. The second-order valence-corrected chi connectivity index (χ2v) is 5.01. The SMILES string of the molecule is COCCN(C(=O)c1cnc(C)cc1Cl)C(C)COC. The third-order valence-corrected chi connectivity index (χ3v) is 3.27. The van der Waals surface area contributed by atoms with Crippen LogP contribution in [0.4, 0.5) is 0 Å². The van der Waals surface area contributed by atoms with Gasteiger partial charge in [0.2, 0.25) is 0 Å². The number of halogens is 1. The predicted octanol–water partition coefficient (Wildman–Crippen LogP) is 2.17. The van der Waals surface area contributed by atoms with Crippen LogP contribution in [0.2, 0.25) is 5.02 Å². The highest BCUT2D eigenvalue weighted by atomic mass is 35.5. The van der Waals surface area contributed by atoms with E-state index in [0.717, 1.165) is 5.69 Å². The van der Waals surface area contributed by atoms with Gasteiger partial charge in [-0.2, -0.15) is 0 Å². The number of rotatable bonds is 7. The number of aryl methyl sites for hydroxylation is 1. The molecule has 0 N–H and O–H groups in total. The van der Waals surface area contributed by atoms with Crippen molar-refractivity contribution in [1.82, 2.24) is 9.88 Å². The highest BCUT2D eigenvalue weighted by Crippen LogP contribution is 2.19. The molecule has 1 aromatic heterocycles. The van der Waals surface area contributed by atoms with Crippen molar-refractivity contribution in [2.24, 2.45) is 0 Å². The summed E-state index contributed by atoms with van der Waals surface area (Å²) in [5.74, 6) is -0.163. The van der Waals surface area contributed by atoms with Gasteiger partial charge in [-0.1, -0.05) is 11.6 Å². The lowest BCUT2D eigenvalue weighted by molar-refractivity contribution is 0.0479. The molecule has 1 unspecified atom stereocenters. The van der Waals surface area contributed by atoms with Gasteiger partial charge >= 0.3 is 0 Å². The van der Waals surface area contributed by atoms with Gasteiger partial charge in [0.15, 0.2) is 0 Å². The Hall–Kier alpha value is -1.17. The van der Waals surface area contributed by atoms with Crippen LogP contribution in [-0.4, -0.2) is 55.8 Å². The van der Waals surface area contributed by atoms with E-state index in [9.17, 15) is 4.79 Å². The van der Waals surface area contributed by atoms with Gasteiger partial charge in [0.25, 0.3) is 5.91 Å². The van der Waals surface area contributed by atoms with Crippen LogP contribution in [-0.2, 0) is 9.47 Å². The lowest BCUT2D eigenvalue weighted by Crippen LogP contribution is -2.43. The molecule has 0 saturated carbocycles. The van der Waals surface area contributed by atoms with Crippen LogP contribution in [0.25, 0.3) is 0 Å². The first-order valence-corrected chi connectivity index (χ1v) is 6.80. The Morgan fingerprint density at radius 1 is 1.45 bits per heavy atom. The summed E-state index contributed by atoms with van der Waals surface area (Å²) in [6.07, 6.45) is 1.51. The Morgan fingerprint density at radius 3 is 2.70 bits per heavy atom. The minimum Gasteiger partial charge on any atom is -0.383 e. The molecular weight excluding hydrogens is 280 g/mol. The van der Waals surface area contributed by atoms with Gasteiger partial charge < -0.3 is 14.4 Å². The zero-order chi connectivity index (χ0) is 15.1. The molecule has 1 aromatic rings. The molecule has 0 spiro atoms. The summed E-state index contributed by atoms with van der Waals surface area (Å²) in [5, 5.41) is 0.412. The summed E-state index contributed by atoms with van der Waals surface area (Å²) in [7, 11) is 3.21. The molecule has 5 nitrogen and oxygen atoms in total. The highest BCUT2D eigenvalue weighted by Gasteiger charge is 2.23. The normalized spacial score (nSPS) is 12.2. The summed E-state index contributed by atoms with van der Waals surface area (Å²) in [6.45, 7) is 5.14. The van der Waals surface area contributed by atoms with Crippen molar-refractivity contribution in [2.75, 3.05) is 34.0 Å². The van der Waals surface area contributed by atoms with E-state index in [1.807, 2.05) is 13.8 Å². The molecule has 1 rings (SSSR count). The predicted molar refractivity (Wildman–Crippen MR) is 78.2 cm³/mol. The third-order valence-electron chi connectivity index (χ3n) is 2.96. The number of amides is 1. The Kier molecular flexibility index (Phi) is 6.91. The summed E-state index contributed by atoms with van der Waals surface area (Å²) < 4.78 is 10.2. The van der Waals surface area contributed by atoms with Crippen LogP contribution < -0.4 is 0 Å². The number of carbonyl (C=O) groups excluding carboxylic acids is 1. The van der Waals surface area contributed by atoms with E-state index >= 15 is 0 Å². The molecule has 0 saturated heterocycles. The molecule has 0 aliphatic rings. The van der Waals surface area contributed by atoms with Crippen molar-refractivity contribution >= 4 is 17.5 Å². The van der Waals surface area contributed by atoms with Gasteiger partial charge in [0, 0.05) is 32.7 Å². The van der Waals surface area contributed by atoms with Crippen molar-refractivity contribution < 1.29 is 14.3 Å². The van der Waals surface area contributed by atoms with E-state index in [2.05, 4.69) is 4.98 Å². The summed E-state index contributed by atoms with van der Waals surface area (Å²) in [4.78, 5) is 18.4. The lowest BCUT2D eigenvalue weighted by atomic mass is 10.2. The average molecular weight is 301 g/mol.